The first-order valence-corrected chi connectivity index (χ1v) is 12.3. The van der Waals surface area contributed by atoms with Gasteiger partial charge in [0.15, 0.2) is 5.82 Å². The second kappa shape index (κ2) is 10.5. The molecule has 2 aromatic rings. The molecule has 222 valence electrons. The number of benzene rings is 1. The number of imide groups is 1. The fourth-order valence-corrected chi connectivity index (χ4v) is 4.20. The summed E-state index contributed by atoms with van der Waals surface area (Å²) in [5.41, 5.74) is -4.33. The van der Waals surface area contributed by atoms with Gasteiger partial charge in [-0.2, -0.15) is 26.3 Å². The standard InChI is InChI=1S/C25H26F6N6O4/c1-23(2,3)41-21(39)15-10-35(11-15)5-6-37-20(38)18(34(4)22(37)40)12-36-13-32-19(33-36)14-7-16(24(26,27)28)9-17(8-14)25(29,30)31/h7-9,12-13,15H,5-6,10-11H2,1-4H3. The molecule has 0 saturated carbocycles. The first-order chi connectivity index (χ1) is 18.8. The van der Waals surface area contributed by atoms with E-state index in [4.69, 9.17) is 4.74 Å². The summed E-state index contributed by atoms with van der Waals surface area (Å²) in [6.07, 6.45) is -8.01. The zero-order valence-corrected chi connectivity index (χ0v) is 22.4. The molecule has 0 bridgehead atoms. The normalized spacial score (nSPS) is 18.4. The summed E-state index contributed by atoms with van der Waals surface area (Å²) >= 11 is 0. The minimum atomic E-state index is -5.05. The molecule has 4 rings (SSSR count). The van der Waals surface area contributed by atoms with E-state index in [1.807, 2.05) is 4.90 Å². The topological polar surface area (TPSA) is 101 Å². The molecule has 0 radical (unpaired) electrons. The van der Waals surface area contributed by atoms with Gasteiger partial charge >= 0.3 is 24.4 Å². The Balaban J connectivity index is 1.45. The monoisotopic (exact) mass is 588 g/mol. The number of carbonyl (C=O) groups is 3. The number of likely N-dealkylation sites (N-methyl/N-ethyl adjacent to an activating group) is 1. The molecule has 2 fully saturated rings. The van der Waals surface area contributed by atoms with Crippen molar-refractivity contribution in [3.05, 3.63) is 41.4 Å². The zero-order valence-electron chi connectivity index (χ0n) is 22.4. The van der Waals surface area contributed by atoms with Crippen molar-refractivity contribution in [2.45, 2.75) is 38.7 Å². The lowest BCUT2D eigenvalue weighted by Gasteiger charge is -2.39. The molecular formula is C25H26F6N6O4. The lowest BCUT2D eigenvalue weighted by Crippen LogP contribution is -2.54. The van der Waals surface area contributed by atoms with E-state index in [2.05, 4.69) is 10.1 Å². The molecule has 2 aliphatic heterocycles. The van der Waals surface area contributed by atoms with Crippen LogP contribution in [0, 0.1) is 5.92 Å². The predicted molar refractivity (Wildman–Crippen MR) is 130 cm³/mol. The van der Waals surface area contributed by atoms with Crippen molar-refractivity contribution in [2.24, 2.45) is 5.92 Å². The highest BCUT2D eigenvalue weighted by molar-refractivity contribution is 6.13. The number of rotatable bonds is 6. The van der Waals surface area contributed by atoms with E-state index >= 15 is 0 Å². The quantitative estimate of drug-likeness (QED) is 0.218. The van der Waals surface area contributed by atoms with Gasteiger partial charge in [0.2, 0.25) is 0 Å². The largest absolute Gasteiger partial charge is 0.460 e. The van der Waals surface area contributed by atoms with Gasteiger partial charge in [0.25, 0.3) is 5.91 Å². The molecule has 2 aliphatic rings. The average molecular weight is 589 g/mol. The number of hydrogen-bond donors (Lipinski definition) is 0. The maximum atomic E-state index is 13.2. The van der Waals surface area contributed by atoms with Gasteiger partial charge in [-0.25, -0.2) is 14.5 Å². The molecule has 0 atom stereocenters. The van der Waals surface area contributed by atoms with Gasteiger partial charge in [-0.15, -0.1) is 5.10 Å². The smallest absolute Gasteiger partial charge is 0.416 e. The van der Waals surface area contributed by atoms with Crippen LogP contribution in [0.2, 0.25) is 0 Å². The molecule has 0 unspecified atom stereocenters. The molecule has 3 heterocycles. The maximum absolute atomic E-state index is 13.2. The van der Waals surface area contributed by atoms with Gasteiger partial charge in [-0.05, 0) is 39.0 Å². The van der Waals surface area contributed by atoms with Crippen LogP contribution >= 0.6 is 0 Å². The number of nitrogens with zero attached hydrogens (tertiary/aromatic N) is 6. The van der Waals surface area contributed by atoms with Gasteiger partial charge in [0, 0.05) is 38.8 Å². The summed E-state index contributed by atoms with van der Waals surface area (Å²) in [7, 11) is 1.33. The SMILES string of the molecule is CN1C(=O)N(CCN2CC(C(=O)OC(C)(C)C)C2)C(=O)C1=Cn1cnc(-c2cc(C(F)(F)F)cc(C(F)(F)F)c2)n1. The van der Waals surface area contributed by atoms with Crippen molar-refractivity contribution in [2.75, 3.05) is 33.2 Å². The Morgan fingerprint density at radius 1 is 1.00 bits per heavy atom. The minimum Gasteiger partial charge on any atom is -0.460 e. The second-order valence-corrected chi connectivity index (χ2v) is 10.6. The molecule has 0 N–H and O–H groups in total. The molecule has 0 aliphatic carbocycles. The summed E-state index contributed by atoms with van der Waals surface area (Å²) < 4.78 is 85.5. The first kappa shape index (κ1) is 30.0. The number of likely N-dealkylation sites (tertiary alicyclic amines) is 1. The van der Waals surface area contributed by atoms with E-state index in [-0.39, 0.29) is 30.2 Å². The van der Waals surface area contributed by atoms with Gasteiger partial charge in [0.05, 0.1) is 23.2 Å². The predicted octanol–water partition coefficient (Wildman–Crippen LogP) is 3.95. The third kappa shape index (κ3) is 6.69. The van der Waals surface area contributed by atoms with Gasteiger partial charge in [0.1, 0.15) is 17.6 Å². The van der Waals surface area contributed by atoms with Crippen LogP contribution < -0.4 is 0 Å². The number of ether oxygens (including phenoxy) is 1. The Kier molecular flexibility index (Phi) is 7.66. The highest BCUT2D eigenvalue weighted by Crippen LogP contribution is 2.38. The number of carbonyl (C=O) groups excluding carboxylic acids is 3. The molecule has 0 spiro atoms. The zero-order chi connectivity index (χ0) is 30.5. The Bertz CT molecular complexity index is 1360. The third-order valence-electron chi connectivity index (χ3n) is 6.29. The van der Waals surface area contributed by atoms with Crippen LogP contribution in [-0.2, 0) is 26.7 Å². The third-order valence-corrected chi connectivity index (χ3v) is 6.29. The average Bonchev–Trinajstić information content (AvgIpc) is 3.35. The molecule has 10 nitrogen and oxygen atoms in total. The highest BCUT2D eigenvalue weighted by atomic mass is 19.4. The van der Waals surface area contributed by atoms with Crippen LogP contribution in [-0.4, -0.2) is 86.2 Å². The van der Waals surface area contributed by atoms with E-state index in [1.54, 1.807) is 20.8 Å². The minimum absolute atomic E-state index is 0.00725. The van der Waals surface area contributed by atoms with E-state index in [0.29, 0.717) is 31.8 Å². The molecule has 16 heteroatoms. The van der Waals surface area contributed by atoms with E-state index in [0.717, 1.165) is 27.0 Å². The van der Waals surface area contributed by atoms with Crippen LogP contribution in [0.1, 0.15) is 31.9 Å². The van der Waals surface area contributed by atoms with Gasteiger partial charge in [-0.1, -0.05) is 0 Å². The number of urea groups is 1. The molecule has 1 aromatic heterocycles. The number of amides is 3. The highest BCUT2D eigenvalue weighted by Gasteiger charge is 2.41. The molecule has 41 heavy (non-hydrogen) atoms. The Morgan fingerprint density at radius 3 is 2.12 bits per heavy atom. The van der Waals surface area contributed by atoms with Crippen molar-refractivity contribution in [1.29, 1.82) is 0 Å². The molecule has 3 amide bonds. The van der Waals surface area contributed by atoms with Crippen molar-refractivity contribution < 1.29 is 45.5 Å². The Hall–Kier alpha value is -3.95. The summed E-state index contributed by atoms with van der Waals surface area (Å²) in [5, 5.41) is 3.89. The van der Waals surface area contributed by atoms with Gasteiger partial charge < -0.3 is 4.74 Å². The second-order valence-electron chi connectivity index (χ2n) is 10.6. The summed E-state index contributed by atoms with van der Waals surface area (Å²) in [6.45, 7) is 6.46. The van der Waals surface area contributed by atoms with Crippen LogP contribution in [0.25, 0.3) is 17.6 Å². The van der Waals surface area contributed by atoms with E-state index < -0.39 is 52.4 Å². The van der Waals surface area contributed by atoms with Crippen molar-refractivity contribution in [3.63, 3.8) is 0 Å². The van der Waals surface area contributed by atoms with Crippen LogP contribution in [0.3, 0.4) is 0 Å². The van der Waals surface area contributed by atoms with Crippen molar-refractivity contribution in [3.8, 4) is 11.4 Å². The number of halogens is 6. The van der Waals surface area contributed by atoms with Crippen LogP contribution in [0.4, 0.5) is 31.1 Å². The van der Waals surface area contributed by atoms with E-state index in [1.165, 1.54) is 7.05 Å². The fraction of sp³-hybridized carbons (Fsp3) is 0.480. The number of alkyl halides is 6. The molecular weight excluding hydrogens is 562 g/mol. The lowest BCUT2D eigenvalue weighted by atomic mass is 10.00. The van der Waals surface area contributed by atoms with Crippen LogP contribution in [0.15, 0.2) is 30.2 Å². The maximum Gasteiger partial charge on any atom is 0.416 e. The number of esters is 1. The molecule has 2 saturated heterocycles. The lowest BCUT2D eigenvalue weighted by molar-refractivity contribution is -0.166. The van der Waals surface area contributed by atoms with Crippen molar-refractivity contribution in [1.82, 2.24) is 29.5 Å². The van der Waals surface area contributed by atoms with Gasteiger partial charge in [-0.3, -0.25) is 24.3 Å². The van der Waals surface area contributed by atoms with E-state index in [9.17, 15) is 40.7 Å². The Labute approximate surface area is 230 Å². The summed E-state index contributed by atoms with van der Waals surface area (Å²) in [6, 6.07) is 0.331. The van der Waals surface area contributed by atoms with Crippen LogP contribution in [0.5, 0.6) is 0 Å². The Morgan fingerprint density at radius 2 is 1.59 bits per heavy atom. The van der Waals surface area contributed by atoms with Crippen molar-refractivity contribution >= 4 is 24.1 Å². The number of hydrogen-bond acceptors (Lipinski definition) is 7. The molecule has 1 aromatic carbocycles. The number of aromatic nitrogens is 3. The summed E-state index contributed by atoms with van der Waals surface area (Å²) in [4.78, 5) is 45.5. The summed E-state index contributed by atoms with van der Waals surface area (Å²) in [5.74, 6) is -1.76. The fourth-order valence-electron chi connectivity index (χ4n) is 4.20. The first-order valence-electron chi connectivity index (χ1n) is 12.3.